The number of nitrogens with zero attached hydrogens (tertiary/aromatic N) is 1. The van der Waals surface area contributed by atoms with Gasteiger partial charge < -0.3 is 10.4 Å². The van der Waals surface area contributed by atoms with E-state index in [0.29, 0.717) is 12.5 Å². The summed E-state index contributed by atoms with van der Waals surface area (Å²) in [5, 5.41) is 15.6. The molecule has 4 heteroatoms. The van der Waals surface area contributed by atoms with Crippen LogP contribution >= 0.6 is 0 Å². The molecule has 1 aromatic carbocycles. The van der Waals surface area contributed by atoms with Gasteiger partial charge in [0.05, 0.1) is 11.0 Å². The zero-order chi connectivity index (χ0) is 15.9. The number of hydrogen-bond donors (Lipinski definition) is 2. The third kappa shape index (κ3) is 0.885. The van der Waals surface area contributed by atoms with E-state index in [-0.39, 0.29) is 22.5 Å². The lowest BCUT2D eigenvalue weighted by Crippen LogP contribution is -2.80. The second kappa shape index (κ2) is 3.32. The molecule has 3 heterocycles. The van der Waals surface area contributed by atoms with E-state index in [1.807, 2.05) is 0 Å². The lowest BCUT2D eigenvalue weighted by Gasteiger charge is -2.68. The predicted molar refractivity (Wildman–Crippen MR) is 88.8 cm³/mol. The molecule has 6 atom stereocenters. The van der Waals surface area contributed by atoms with Gasteiger partial charge in [0.1, 0.15) is 5.60 Å². The first-order valence-corrected chi connectivity index (χ1v) is 9.48. The van der Waals surface area contributed by atoms with Gasteiger partial charge in [-0.3, -0.25) is 9.69 Å². The number of carbonyl (C=O) groups is 1. The summed E-state index contributed by atoms with van der Waals surface area (Å²) in [4.78, 5) is 16.1. The molecule has 2 saturated heterocycles. The minimum Gasteiger partial charge on any atom is -0.380 e. The molecule has 4 aliphatic carbocycles. The van der Waals surface area contributed by atoms with E-state index in [1.165, 1.54) is 24.1 Å². The number of benzene rings is 1. The number of aliphatic hydroxyl groups is 1. The standard InChI is InChI=1S/C20H22N2O2/c23-15-13-10-22-9-3-6-17-7-8-19(18(15,24)11-17)20(13,16(17)22)12-4-1-2-5-14(12)21-19/h1-2,4-5,13,16,21,24H,3,6-11H2/t13-,16+,17-,18?,19-,20+/m1/s1. The monoisotopic (exact) mass is 322 g/mol. The molecule has 3 spiro atoms. The third-order valence-corrected chi connectivity index (χ3v) is 8.93. The maximum atomic E-state index is 13.5. The summed E-state index contributed by atoms with van der Waals surface area (Å²) >= 11 is 0. The Labute approximate surface area is 141 Å². The van der Waals surface area contributed by atoms with E-state index < -0.39 is 11.1 Å². The molecule has 8 rings (SSSR count). The number of ketones is 1. The van der Waals surface area contributed by atoms with Gasteiger partial charge in [0, 0.05) is 24.2 Å². The lowest BCUT2D eigenvalue weighted by atomic mass is 9.40. The van der Waals surface area contributed by atoms with E-state index in [0.717, 1.165) is 25.9 Å². The topological polar surface area (TPSA) is 52.6 Å². The maximum Gasteiger partial charge on any atom is 0.172 e. The molecular formula is C20H22N2O2. The Morgan fingerprint density at radius 3 is 3.00 bits per heavy atom. The minimum atomic E-state index is -1.17. The van der Waals surface area contributed by atoms with Crippen molar-refractivity contribution in [1.29, 1.82) is 0 Å². The molecule has 7 aliphatic rings. The Hall–Kier alpha value is -1.39. The van der Waals surface area contributed by atoms with Gasteiger partial charge in [-0.15, -0.1) is 0 Å². The molecule has 0 radical (unpaired) electrons. The molecule has 0 aromatic heterocycles. The molecule has 4 nitrogen and oxygen atoms in total. The molecule has 124 valence electrons. The van der Waals surface area contributed by atoms with Crippen LogP contribution in [0.4, 0.5) is 5.69 Å². The van der Waals surface area contributed by atoms with Crippen LogP contribution in [-0.2, 0) is 10.2 Å². The van der Waals surface area contributed by atoms with E-state index >= 15 is 0 Å². The van der Waals surface area contributed by atoms with Crippen LogP contribution in [-0.4, -0.2) is 46.1 Å². The maximum absolute atomic E-state index is 13.5. The molecule has 1 aromatic rings. The summed E-state index contributed by atoms with van der Waals surface area (Å²) in [6.07, 6.45) is 5.16. The molecule has 4 saturated carbocycles. The first kappa shape index (κ1) is 12.9. The summed E-state index contributed by atoms with van der Waals surface area (Å²) in [6, 6.07) is 9.00. The van der Waals surface area contributed by atoms with E-state index in [2.05, 4.69) is 34.5 Å². The summed E-state index contributed by atoms with van der Waals surface area (Å²) < 4.78 is 0. The van der Waals surface area contributed by atoms with Gasteiger partial charge in [0.15, 0.2) is 5.78 Å². The van der Waals surface area contributed by atoms with Crippen LogP contribution in [0.2, 0.25) is 0 Å². The molecule has 4 bridgehead atoms. The van der Waals surface area contributed by atoms with Crippen molar-refractivity contribution in [3.8, 4) is 0 Å². The van der Waals surface area contributed by atoms with Crippen molar-refractivity contribution < 1.29 is 9.90 Å². The van der Waals surface area contributed by atoms with Gasteiger partial charge in [-0.25, -0.2) is 0 Å². The summed E-state index contributed by atoms with van der Waals surface area (Å²) in [6.45, 7) is 1.97. The predicted octanol–water partition coefficient (Wildman–Crippen LogP) is 1.68. The highest BCUT2D eigenvalue weighted by Crippen LogP contribution is 2.80. The molecule has 1 unspecified atom stereocenters. The Morgan fingerprint density at radius 2 is 2.08 bits per heavy atom. The largest absolute Gasteiger partial charge is 0.380 e. The number of Topliss-reactive ketones (excluding diaryl/α,β-unsaturated/α-hetero) is 1. The number of hydrogen-bond acceptors (Lipinski definition) is 4. The van der Waals surface area contributed by atoms with Gasteiger partial charge in [-0.05, 0) is 55.7 Å². The molecular weight excluding hydrogens is 300 g/mol. The van der Waals surface area contributed by atoms with Crippen molar-refractivity contribution in [2.24, 2.45) is 11.3 Å². The van der Waals surface area contributed by atoms with Gasteiger partial charge in [-0.1, -0.05) is 18.2 Å². The minimum absolute atomic E-state index is 0.0380. The molecule has 2 N–H and O–H groups in total. The van der Waals surface area contributed by atoms with Crippen LogP contribution in [0.5, 0.6) is 0 Å². The van der Waals surface area contributed by atoms with Crippen LogP contribution in [0.15, 0.2) is 24.3 Å². The second-order valence-electron chi connectivity index (χ2n) is 9.26. The fraction of sp³-hybridized carbons (Fsp3) is 0.650. The molecule has 3 aliphatic heterocycles. The van der Waals surface area contributed by atoms with Crippen molar-refractivity contribution in [1.82, 2.24) is 4.90 Å². The molecule has 0 amide bonds. The highest BCUT2D eigenvalue weighted by Gasteiger charge is 2.91. The SMILES string of the molecule is O=C1[C@H]2CN3CCC[C@]45CC[C@@]6(Nc7ccccc7[C@@]26[C@@H]34)C1(O)C5. The highest BCUT2D eigenvalue weighted by atomic mass is 16.3. The first-order chi connectivity index (χ1) is 11.6. The molecule has 24 heavy (non-hydrogen) atoms. The zero-order valence-electron chi connectivity index (χ0n) is 13.7. The number of carbonyl (C=O) groups excluding carboxylic acids is 1. The zero-order valence-corrected chi connectivity index (χ0v) is 13.7. The number of piperidine rings is 1. The van der Waals surface area contributed by atoms with Crippen LogP contribution in [0.3, 0.4) is 0 Å². The van der Waals surface area contributed by atoms with Crippen LogP contribution in [0.1, 0.15) is 37.7 Å². The number of para-hydroxylation sites is 1. The Kier molecular flexibility index (Phi) is 1.78. The fourth-order valence-corrected chi connectivity index (χ4v) is 8.63. The number of anilines is 1. The summed E-state index contributed by atoms with van der Waals surface area (Å²) in [5.74, 6) is 0.101. The summed E-state index contributed by atoms with van der Waals surface area (Å²) in [7, 11) is 0. The second-order valence-corrected chi connectivity index (χ2v) is 9.26. The first-order valence-electron chi connectivity index (χ1n) is 9.48. The van der Waals surface area contributed by atoms with Crippen molar-refractivity contribution >= 4 is 11.5 Å². The Morgan fingerprint density at radius 1 is 1.21 bits per heavy atom. The molecule has 6 fully saturated rings. The normalized spacial score (nSPS) is 55.5. The number of fused-ring (bicyclic) bond motifs is 2. The average molecular weight is 322 g/mol. The number of nitrogens with one attached hydrogen (secondary N) is 1. The van der Waals surface area contributed by atoms with Gasteiger partial charge >= 0.3 is 0 Å². The van der Waals surface area contributed by atoms with Crippen molar-refractivity contribution in [2.75, 3.05) is 18.4 Å². The van der Waals surface area contributed by atoms with Gasteiger partial charge in [0.2, 0.25) is 0 Å². The van der Waals surface area contributed by atoms with E-state index in [1.54, 1.807) is 0 Å². The van der Waals surface area contributed by atoms with Crippen LogP contribution in [0.25, 0.3) is 0 Å². The van der Waals surface area contributed by atoms with Crippen molar-refractivity contribution in [3.05, 3.63) is 29.8 Å². The highest BCUT2D eigenvalue weighted by molar-refractivity contribution is 6.02. The van der Waals surface area contributed by atoms with Gasteiger partial charge in [0.25, 0.3) is 0 Å². The van der Waals surface area contributed by atoms with Crippen molar-refractivity contribution in [3.63, 3.8) is 0 Å². The van der Waals surface area contributed by atoms with E-state index in [9.17, 15) is 9.90 Å². The van der Waals surface area contributed by atoms with Gasteiger partial charge in [-0.2, -0.15) is 0 Å². The van der Waals surface area contributed by atoms with Crippen molar-refractivity contribution in [2.45, 2.75) is 54.7 Å². The third-order valence-electron chi connectivity index (χ3n) is 8.93. The van der Waals surface area contributed by atoms with Crippen LogP contribution < -0.4 is 5.32 Å². The summed E-state index contributed by atoms with van der Waals surface area (Å²) in [5.41, 5.74) is 0.774. The van der Waals surface area contributed by atoms with Crippen LogP contribution in [0, 0.1) is 11.3 Å². The fourth-order valence-electron chi connectivity index (χ4n) is 8.63. The number of rotatable bonds is 0. The Balaban J connectivity index is 1.66. The lowest BCUT2D eigenvalue weighted by molar-refractivity contribution is -0.189. The Bertz CT molecular complexity index is 839. The average Bonchev–Trinajstić information content (AvgIpc) is 3.13. The smallest absolute Gasteiger partial charge is 0.172 e. The quantitative estimate of drug-likeness (QED) is 0.763. The van der Waals surface area contributed by atoms with E-state index in [4.69, 9.17) is 0 Å².